The maximum atomic E-state index is 12.3. The third-order valence-electron chi connectivity index (χ3n) is 2.75. The van der Waals surface area contributed by atoms with Crippen molar-refractivity contribution in [3.05, 3.63) is 29.3 Å². The van der Waals surface area contributed by atoms with Crippen LogP contribution in [0.4, 0.5) is 18.9 Å². The van der Waals surface area contributed by atoms with Crippen LogP contribution in [0, 0.1) is 0 Å². The number of alkyl halides is 3. The van der Waals surface area contributed by atoms with Crippen LogP contribution >= 0.6 is 0 Å². The summed E-state index contributed by atoms with van der Waals surface area (Å²) in [6.45, 7) is 0. The van der Waals surface area contributed by atoms with Crippen LogP contribution in [-0.4, -0.2) is 17.9 Å². The van der Waals surface area contributed by atoms with Crippen LogP contribution in [0.2, 0.25) is 0 Å². The van der Waals surface area contributed by atoms with Gasteiger partial charge in [-0.05, 0) is 36.6 Å². The number of anilines is 1. The number of benzene rings is 1. The molecule has 3 nitrogen and oxygen atoms in total. The van der Waals surface area contributed by atoms with Crippen LogP contribution in [0.25, 0.3) is 0 Å². The van der Waals surface area contributed by atoms with E-state index in [4.69, 9.17) is 0 Å². The van der Waals surface area contributed by atoms with Gasteiger partial charge in [0.05, 0.1) is 0 Å². The second kappa shape index (κ2) is 4.44. The van der Waals surface area contributed by atoms with Crippen molar-refractivity contribution in [3.8, 4) is 0 Å². The second-order valence-corrected chi connectivity index (χ2v) is 4.10. The smallest absolute Gasteiger partial charge is 0.326 e. The summed E-state index contributed by atoms with van der Waals surface area (Å²) >= 11 is 0. The Labute approximate surface area is 101 Å². The molecule has 1 aliphatic rings. The molecule has 1 amide bonds. The maximum Gasteiger partial charge on any atom is 0.454 e. The summed E-state index contributed by atoms with van der Waals surface area (Å²) in [6.07, 6.45) is -3.50. The molecule has 0 unspecified atom stereocenters. The quantitative estimate of drug-likeness (QED) is 0.786. The van der Waals surface area contributed by atoms with Crippen molar-refractivity contribution in [2.45, 2.75) is 25.4 Å². The van der Waals surface area contributed by atoms with E-state index in [1.807, 2.05) is 0 Å². The molecule has 1 N–H and O–H groups in total. The number of amides is 1. The molecule has 2 rings (SSSR count). The van der Waals surface area contributed by atoms with Crippen LogP contribution in [-0.2, 0) is 11.2 Å². The van der Waals surface area contributed by atoms with Gasteiger partial charge in [0.2, 0.25) is 5.91 Å². The van der Waals surface area contributed by atoms with E-state index in [2.05, 4.69) is 5.32 Å². The van der Waals surface area contributed by atoms with Crippen molar-refractivity contribution in [1.82, 2.24) is 0 Å². The molecule has 96 valence electrons. The lowest BCUT2D eigenvalue weighted by Crippen LogP contribution is -2.22. The average Bonchev–Trinajstić information content (AvgIpc) is 2.46. The lowest BCUT2D eigenvalue weighted by molar-refractivity contribution is -0.116. The highest BCUT2D eigenvalue weighted by Gasteiger charge is 2.39. The first-order chi connectivity index (χ1) is 8.38. The Morgan fingerprint density at radius 3 is 2.61 bits per heavy atom. The van der Waals surface area contributed by atoms with Gasteiger partial charge in [-0.2, -0.15) is 13.2 Å². The molecule has 0 saturated heterocycles. The van der Waals surface area contributed by atoms with Crippen LogP contribution in [0.1, 0.15) is 28.8 Å². The fraction of sp³-hybridized carbons (Fsp3) is 0.333. The summed E-state index contributed by atoms with van der Waals surface area (Å²) in [5.74, 6) is -2.02. The standard InChI is InChI=1S/C12H10F3NO2/c13-12(14,15)11(18)8-4-5-9-7(6-8)2-1-3-10(17)16-9/h4-6H,1-3H2,(H,16,17). The van der Waals surface area contributed by atoms with Crippen molar-refractivity contribution >= 4 is 17.4 Å². The Morgan fingerprint density at radius 1 is 1.22 bits per heavy atom. The summed E-state index contributed by atoms with van der Waals surface area (Å²) in [5, 5.41) is 2.60. The fourth-order valence-electron chi connectivity index (χ4n) is 1.88. The summed E-state index contributed by atoms with van der Waals surface area (Å²) in [4.78, 5) is 22.4. The molecule has 0 bridgehead atoms. The number of Topliss-reactive ketones (excluding diaryl/α,β-unsaturated/α-hetero) is 1. The van der Waals surface area contributed by atoms with Crippen LogP contribution in [0.5, 0.6) is 0 Å². The maximum absolute atomic E-state index is 12.3. The largest absolute Gasteiger partial charge is 0.454 e. The van der Waals surface area contributed by atoms with Crippen molar-refractivity contribution in [2.24, 2.45) is 0 Å². The second-order valence-electron chi connectivity index (χ2n) is 4.10. The van der Waals surface area contributed by atoms with Crippen LogP contribution < -0.4 is 5.32 Å². The topological polar surface area (TPSA) is 46.2 Å². The van der Waals surface area contributed by atoms with E-state index in [0.29, 0.717) is 30.5 Å². The van der Waals surface area contributed by atoms with Gasteiger partial charge < -0.3 is 5.32 Å². The number of ketones is 1. The van der Waals surface area contributed by atoms with E-state index in [-0.39, 0.29) is 5.91 Å². The number of carbonyl (C=O) groups is 2. The van der Waals surface area contributed by atoms with Crippen molar-refractivity contribution in [2.75, 3.05) is 5.32 Å². The molecule has 1 aromatic rings. The first-order valence-corrected chi connectivity index (χ1v) is 5.42. The highest BCUT2D eigenvalue weighted by molar-refractivity contribution is 6.01. The Balaban J connectivity index is 2.36. The molecule has 6 heteroatoms. The van der Waals surface area contributed by atoms with Crippen molar-refractivity contribution in [3.63, 3.8) is 0 Å². The number of hydrogen-bond donors (Lipinski definition) is 1. The van der Waals surface area contributed by atoms with Gasteiger partial charge >= 0.3 is 6.18 Å². The van der Waals surface area contributed by atoms with Crippen LogP contribution in [0.15, 0.2) is 18.2 Å². The summed E-state index contributed by atoms with van der Waals surface area (Å²) in [5.41, 5.74) is 0.657. The van der Waals surface area contributed by atoms with Gasteiger partial charge in [0, 0.05) is 17.7 Å². The number of hydrogen-bond acceptors (Lipinski definition) is 2. The van der Waals surface area contributed by atoms with Gasteiger partial charge in [0.15, 0.2) is 0 Å². The molecular weight excluding hydrogens is 247 g/mol. The molecule has 0 saturated carbocycles. The molecular formula is C12H10F3NO2. The number of halogens is 3. The zero-order valence-corrected chi connectivity index (χ0v) is 9.30. The van der Waals surface area contributed by atoms with Gasteiger partial charge in [-0.1, -0.05) is 0 Å². The zero-order chi connectivity index (χ0) is 13.3. The van der Waals surface area contributed by atoms with E-state index in [1.165, 1.54) is 12.1 Å². The first kappa shape index (κ1) is 12.6. The minimum atomic E-state index is -4.87. The van der Waals surface area contributed by atoms with E-state index in [9.17, 15) is 22.8 Å². The molecule has 18 heavy (non-hydrogen) atoms. The Morgan fingerprint density at radius 2 is 1.94 bits per heavy atom. The lowest BCUT2D eigenvalue weighted by atomic mass is 10.0. The molecule has 0 atom stereocenters. The SMILES string of the molecule is O=C1CCCc2cc(C(=O)C(F)(F)F)ccc2N1. The Bertz CT molecular complexity index is 509. The monoisotopic (exact) mass is 257 g/mol. The summed E-state index contributed by atoms with van der Waals surface area (Å²) < 4.78 is 36.9. The number of fused-ring (bicyclic) bond motifs is 1. The minimum absolute atomic E-state index is 0.163. The Kier molecular flexibility index (Phi) is 3.11. The predicted octanol–water partition coefficient (Wildman–Crippen LogP) is 2.71. The normalized spacial score (nSPS) is 15.6. The van der Waals surface area contributed by atoms with Gasteiger partial charge in [0.25, 0.3) is 5.78 Å². The molecule has 0 fully saturated rings. The number of carbonyl (C=O) groups excluding carboxylic acids is 2. The molecule has 1 aliphatic heterocycles. The first-order valence-electron chi connectivity index (χ1n) is 5.42. The molecule has 0 aliphatic carbocycles. The molecule has 0 spiro atoms. The summed E-state index contributed by atoms with van der Waals surface area (Å²) in [6, 6.07) is 3.63. The van der Waals surface area contributed by atoms with Gasteiger partial charge in [-0.25, -0.2) is 0 Å². The highest BCUT2D eigenvalue weighted by atomic mass is 19.4. The fourth-order valence-corrected chi connectivity index (χ4v) is 1.88. The van der Waals surface area contributed by atoms with Crippen molar-refractivity contribution < 1.29 is 22.8 Å². The Hall–Kier alpha value is -1.85. The number of aryl methyl sites for hydroxylation is 1. The van der Waals surface area contributed by atoms with Gasteiger partial charge in [-0.3, -0.25) is 9.59 Å². The highest BCUT2D eigenvalue weighted by Crippen LogP contribution is 2.27. The van der Waals surface area contributed by atoms with Gasteiger partial charge in [0.1, 0.15) is 0 Å². The van der Waals surface area contributed by atoms with E-state index in [1.54, 1.807) is 0 Å². The third kappa shape index (κ3) is 2.52. The van der Waals surface area contributed by atoms with Gasteiger partial charge in [-0.15, -0.1) is 0 Å². The molecule has 0 aromatic heterocycles. The van der Waals surface area contributed by atoms with Crippen molar-refractivity contribution in [1.29, 1.82) is 0 Å². The minimum Gasteiger partial charge on any atom is -0.326 e. The average molecular weight is 257 g/mol. The molecule has 0 radical (unpaired) electrons. The van der Waals surface area contributed by atoms with E-state index in [0.717, 1.165) is 6.07 Å². The number of rotatable bonds is 1. The number of nitrogens with one attached hydrogen (secondary N) is 1. The van der Waals surface area contributed by atoms with E-state index >= 15 is 0 Å². The molecule has 1 aromatic carbocycles. The van der Waals surface area contributed by atoms with E-state index < -0.39 is 17.5 Å². The zero-order valence-electron chi connectivity index (χ0n) is 9.30. The lowest BCUT2D eigenvalue weighted by Gasteiger charge is -2.10. The molecule has 1 heterocycles. The predicted molar refractivity (Wildman–Crippen MR) is 58.4 cm³/mol. The summed E-state index contributed by atoms with van der Waals surface area (Å²) in [7, 11) is 0. The van der Waals surface area contributed by atoms with Crippen LogP contribution in [0.3, 0.4) is 0 Å². The third-order valence-corrected chi connectivity index (χ3v) is 2.75.